The third-order valence-electron chi connectivity index (χ3n) is 5.70. The van der Waals surface area contributed by atoms with Crippen molar-refractivity contribution in [2.45, 2.75) is 77.2 Å². The van der Waals surface area contributed by atoms with Gasteiger partial charge in [0, 0.05) is 13.0 Å². The number of hydrogen-bond donors (Lipinski definition) is 3. The van der Waals surface area contributed by atoms with Crippen molar-refractivity contribution in [3.8, 4) is 0 Å². The number of amides is 2. The van der Waals surface area contributed by atoms with Gasteiger partial charge in [0.15, 0.2) is 0 Å². The van der Waals surface area contributed by atoms with Crippen molar-refractivity contribution in [3.63, 3.8) is 0 Å². The Kier molecular flexibility index (Phi) is 9.80. The zero-order valence-corrected chi connectivity index (χ0v) is 16.7. The molecule has 0 aromatic rings. The predicted octanol–water partition coefficient (Wildman–Crippen LogP) is 2.78. The first kappa shape index (κ1) is 22.2. The van der Waals surface area contributed by atoms with Gasteiger partial charge in [0.25, 0.3) is 0 Å². The van der Waals surface area contributed by atoms with Crippen LogP contribution in [0.4, 0.5) is 0 Å². The minimum absolute atomic E-state index is 0. The lowest BCUT2D eigenvalue weighted by atomic mass is 9.80. The summed E-state index contributed by atoms with van der Waals surface area (Å²) in [6.07, 6.45) is 8.56. The quantitative estimate of drug-likeness (QED) is 0.642. The minimum Gasteiger partial charge on any atom is -0.354 e. The summed E-state index contributed by atoms with van der Waals surface area (Å²) in [5.41, 5.74) is -0.672. The molecule has 2 aliphatic rings. The molecule has 0 spiro atoms. The Morgan fingerprint density at radius 2 is 1.92 bits per heavy atom. The number of nitrogens with one attached hydrogen (secondary N) is 3. The Bertz CT molecular complexity index is 419. The number of halogens is 1. The van der Waals surface area contributed by atoms with E-state index in [-0.39, 0.29) is 24.2 Å². The molecule has 2 unspecified atom stereocenters. The van der Waals surface area contributed by atoms with E-state index in [1.165, 1.54) is 12.8 Å². The van der Waals surface area contributed by atoms with Gasteiger partial charge in [0.1, 0.15) is 5.54 Å². The molecule has 25 heavy (non-hydrogen) atoms. The van der Waals surface area contributed by atoms with E-state index in [0.29, 0.717) is 24.8 Å². The summed E-state index contributed by atoms with van der Waals surface area (Å²) in [6.45, 7) is 7.00. The Morgan fingerprint density at radius 3 is 2.52 bits per heavy atom. The molecule has 6 heteroatoms. The standard InChI is InChI=1S/C19H35N3O2.ClH/c1-3-11-21-18(24)19(9-5-4-6-10-19)22-17(23)13-15(2)16-8-7-12-20-14-16;/h15-16,20H,3-14H2,1-2H3,(H,21,24)(H,22,23);1H. The minimum atomic E-state index is -0.672. The zero-order chi connectivity index (χ0) is 17.4. The average molecular weight is 374 g/mol. The molecule has 0 aromatic carbocycles. The van der Waals surface area contributed by atoms with E-state index >= 15 is 0 Å². The number of piperidine rings is 1. The van der Waals surface area contributed by atoms with Crippen LogP contribution in [0.2, 0.25) is 0 Å². The van der Waals surface area contributed by atoms with Crippen LogP contribution >= 0.6 is 12.4 Å². The van der Waals surface area contributed by atoms with Gasteiger partial charge < -0.3 is 16.0 Å². The normalized spacial score (nSPS) is 23.8. The van der Waals surface area contributed by atoms with Crippen LogP contribution in [0, 0.1) is 11.8 Å². The molecule has 0 radical (unpaired) electrons. The van der Waals surface area contributed by atoms with Gasteiger partial charge in [0.2, 0.25) is 11.8 Å². The molecule has 2 rings (SSSR count). The van der Waals surface area contributed by atoms with Crippen molar-refractivity contribution in [2.75, 3.05) is 19.6 Å². The molecular formula is C19H36ClN3O2. The van der Waals surface area contributed by atoms with Crippen LogP contribution in [0.15, 0.2) is 0 Å². The van der Waals surface area contributed by atoms with Gasteiger partial charge in [-0.3, -0.25) is 9.59 Å². The van der Waals surface area contributed by atoms with E-state index in [1.807, 2.05) is 6.92 Å². The Balaban J connectivity index is 0.00000312. The largest absolute Gasteiger partial charge is 0.354 e. The van der Waals surface area contributed by atoms with Crippen molar-refractivity contribution in [3.05, 3.63) is 0 Å². The van der Waals surface area contributed by atoms with E-state index < -0.39 is 5.54 Å². The fourth-order valence-electron chi connectivity index (χ4n) is 4.11. The second kappa shape index (κ2) is 11.0. The van der Waals surface area contributed by atoms with Crippen LogP contribution < -0.4 is 16.0 Å². The topological polar surface area (TPSA) is 70.2 Å². The lowest BCUT2D eigenvalue weighted by Gasteiger charge is -2.37. The molecule has 3 N–H and O–H groups in total. The van der Waals surface area contributed by atoms with Crippen LogP contribution in [-0.2, 0) is 9.59 Å². The first-order chi connectivity index (χ1) is 11.6. The maximum absolute atomic E-state index is 12.7. The second-order valence-electron chi connectivity index (χ2n) is 7.73. The summed E-state index contributed by atoms with van der Waals surface area (Å²) in [4.78, 5) is 25.3. The summed E-state index contributed by atoms with van der Waals surface area (Å²) in [5.74, 6) is 0.990. The van der Waals surface area contributed by atoms with E-state index in [0.717, 1.165) is 51.6 Å². The molecule has 0 bridgehead atoms. The Hall–Kier alpha value is -0.810. The lowest BCUT2D eigenvalue weighted by molar-refractivity contribution is -0.135. The fraction of sp³-hybridized carbons (Fsp3) is 0.895. The smallest absolute Gasteiger partial charge is 0.245 e. The SMILES string of the molecule is CCCNC(=O)C1(NC(=O)CC(C)C2CCCNC2)CCCCC1.Cl. The first-order valence-electron chi connectivity index (χ1n) is 9.87. The molecule has 0 aromatic heterocycles. The van der Waals surface area contributed by atoms with Gasteiger partial charge in [-0.2, -0.15) is 0 Å². The summed E-state index contributed by atoms with van der Waals surface area (Å²) >= 11 is 0. The highest BCUT2D eigenvalue weighted by Crippen LogP contribution is 2.29. The maximum Gasteiger partial charge on any atom is 0.245 e. The molecule has 2 fully saturated rings. The van der Waals surface area contributed by atoms with Crippen LogP contribution in [0.5, 0.6) is 0 Å². The molecule has 2 atom stereocenters. The van der Waals surface area contributed by atoms with E-state index in [1.54, 1.807) is 0 Å². The van der Waals surface area contributed by atoms with Crippen LogP contribution in [0.3, 0.4) is 0 Å². The fourth-order valence-corrected chi connectivity index (χ4v) is 4.11. The Morgan fingerprint density at radius 1 is 1.20 bits per heavy atom. The van der Waals surface area contributed by atoms with E-state index in [4.69, 9.17) is 0 Å². The van der Waals surface area contributed by atoms with E-state index in [9.17, 15) is 9.59 Å². The first-order valence-corrected chi connectivity index (χ1v) is 9.87. The van der Waals surface area contributed by atoms with E-state index in [2.05, 4.69) is 22.9 Å². The second-order valence-corrected chi connectivity index (χ2v) is 7.73. The maximum atomic E-state index is 12.7. The molecule has 1 aliphatic heterocycles. The van der Waals surface area contributed by atoms with Crippen molar-refractivity contribution in [1.82, 2.24) is 16.0 Å². The third-order valence-corrected chi connectivity index (χ3v) is 5.70. The Labute approximate surface area is 158 Å². The monoisotopic (exact) mass is 373 g/mol. The van der Waals surface area contributed by atoms with Crippen LogP contribution in [-0.4, -0.2) is 37.0 Å². The summed E-state index contributed by atoms with van der Waals surface area (Å²) in [6, 6.07) is 0. The lowest BCUT2D eigenvalue weighted by Crippen LogP contribution is -2.60. The molecule has 1 heterocycles. The number of carbonyl (C=O) groups excluding carboxylic acids is 2. The number of rotatable bonds is 7. The highest BCUT2D eigenvalue weighted by molar-refractivity contribution is 5.91. The van der Waals surface area contributed by atoms with Gasteiger partial charge in [-0.25, -0.2) is 0 Å². The molecule has 1 saturated carbocycles. The number of hydrogen-bond acceptors (Lipinski definition) is 3. The number of carbonyl (C=O) groups is 2. The summed E-state index contributed by atoms with van der Waals surface area (Å²) in [5, 5.41) is 9.56. The third kappa shape index (κ3) is 6.45. The van der Waals surface area contributed by atoms with Gasteiger partial charge in [0.05, 0.1) is 0 Å². The highest BCUT2D eigenvalue weighted by Gasteiger charge is 2.40. The van der Waals surface area contributed by atoms with Crippen molar-refractivity contribution in [1.29, 1.82) is 0 Å². The van der Waals surface area contributed by atoms with Gasteiger partial charge >= 0.3 is 0 Å². The van der Waals surface area contributed by atoms with Gasteiger partial charge in [-0.05, 0) is 57.0 Å². The molecule has 146 valence electrons. The molecule has 2 amide bonds. The molecule has 1 aliphatic carbocycles. The molecule has 1 saturated heterocycles. The average Bonchev–Trinajstić information content (AvgIpc) is 2.61. The molecule has 5 nitrogen and oxygen atoms in total. The van der Waals surface area contributed by atoms with Crippen molar-refractivity contribution in [2.24, 2.45) is 11.8 Å². The zero-order valence-electron chi connectivity index (χ0n) is 15.9. The van der Waals surface area contributed by atoms with Crippen molar-refractivity contribution < 1.29 is 9.59 Å². The highest BCUT2D eigenvalue weighted by atomic mass is 35.5. The van der Waals surface area contributed by atoms with Crippen LogP contribution in [0.25, 0.3) is 0 Å². The van der Waals surface area contributed by atoms with Crippen molar-refractivity contribution >= 4 is 24.2 Å². The summed E-state index contributed by atoms with van der Waals surface area (Å²) in [7, 11) is 0. The van der Waals surface area contributed by atoms with Gasteiger partial charge in [-0.15, -0.1) is 12.4 Å². The van der Waals surface area contributed by atoms with Gasteiger partial charge in [-0.1, -0.05) is 33.1 Å². The summed E-state index contributed by atoms with van der Waals surface area (Å²) < 4.78 is 0. The predicted molar refractivity (Wildman–Crippen MR) is 104 cm³/mol. The van der Waals surface area contributed by atoms with Crippen LogP contribution in [0.1, 0.15) is 71.6 Å². The molecular weight excluding hydrogens is 338 g/mol.